The Bertz CT molecular complexity index is 546. The van der Waals surface area contributed by atoms with E-state index in [0.717, 1.165) is 12.8 Å². The molecule has 2 unspecified atom stereocenters. The number of nitrogens with zero attached hydrogens (tertiary/aromatic N) is 1. The summed E-state index contributed by atoms with van der Waals surface area (Å²) in [5.74, 6) is -0.709. The van der Waals surface area contributed by atoms with E-state index in [1.165, 1.54) is 19.2 Å². The molecular weight excluding hydrogens is 276 g/mol. The topological polar surface area (TPSA) is 102 Å². The zero-order valence-corrected chi connectivity index (χ0v) is 11.7. The Morgan fingerprint density at radius 1 is 1.48 bits per heavy atom. The van der Waals surface area contributed by atoms with E-state index < -0.39 is 10.9 Å². The van der Waals surface area contributed by atoms with Gasteiger partial charge in [-0.05, 0) is 25.3 Å². The van der Waals surface area contributed by atoms with Gasteiger partial charge in [-0.25, -0.2) is 0 Å². The molecule has 2 N–H and O–H groups in total. The number of methoxy groups -OCH3 is 1. The Hall–Kier alpha value is -2.31. The van der Waals surface area contributed by atoms with E-state index in [2.05, 4.69) is 5.32 Å². The average molecular weight is 294 g/mol. The largest absolute Gasteiger partial charge is 0.494 e. The molecule has 0 spiro atoms. The molecule has 1 aromatic carbocycles. The zero-order chi connectivity index (χ0) is 15.4. The maximum Gasteiger partial charge on any atom is 0.306 e. The second kappa shape index (κ2) is 6.43. The van der Waals surface area contributed by atoms with Crippen molar-refractivity contribution >= 4 is 17.3 Å². The number of non-ortho nitro benzene ring substituents is 1. The van der Waals surface area contributed by atoms with Gasteiger partial charge in [-0.15, -0.1) is 0 Å². The number of anilines is 1. The maximum absolute atomic E-state index is 11.1. The minimum absolute atomic E-state index is 0.0372. The number of aliphatic carboxylic acids is 1. The number of ether oxygens (including phenoxy) is 1. The summed E-state index contributed by atoms with van der Waals surface area (Å²) in [5, 5.41) is 23.1. The van der Waals surface area contributed by atoms with Crippen molar-refractivity contribution in [1.29, 1.82) is 0 Å². The second-order valence-corrected chi connectivity index (χ2v) is 5.18. The third kappa shape index (κ3) is 3.62. The van der Waals surface area contributed by atoms with E-state index in [4.69, 9.17) is 9.84 Å². The molecule has 1 aromatic rings. The fourth-order valence-electron chi connectivity index (χ4n) is 2.68. The Balaban J connectivity index is 2.11. The molecule has 0 heterocycles. The number of carboxylic acids is 1. The van der Waals surface area contributed by atoms with E-state index in [0.29, 0.717) is 24.3 Å². The maximum atomic E-state index is 11.1. The van der Waals surface area contributed by atoms with E-state index in [1.807, 2.05) is 0 Å². The van der Waals surface area contributed by atoms with Crippen molar-refractivity contribution in [3.05, 3.63) is 28.3 Å². The molecule has 21 heavy (non-hydrogen) atoms. The molecule has 0 saturated heterocycles. The van der Waals surface area contributed by atoms with Gasteiger partial charge in [0.25, 0.3) is 5.69 Å². The van der Waals surface area contributed by atoms with Gasteiger partial charge < -0.3 is 15.2 Å². The molecule has 0 radical (unpaired) electrons. The van der Waals surface area contributed by atoms with Crippen LogP contribution in [-0.2, 0) is 4.79 Å². The summed E-state index contributed by atoms with van der Waals surface area (Å²) in [4.78, 5) is 21.3. The van der Waals surface area contributed by atoms with Crippen LogP contribution >= 0.6 is 0 Å². The van der Waals surface area contributed by atoms with Crippen LogP contribution in [0.1, 0.15) is 25.7 Å². The number of carbonyl (C=O) groups is 1. The van der Waals surface area contributed by atoms with Crippen LogP contribution in [0.3, 0.4) is 0 Å². The Labute approximate surface area is 122 Å². The van der Waals surface area contributed by atoms with E-state index >= 15 is 0 Å². The highest BCUT2D eigenvalue weighted by Crippen LogP contribution is 2.33. The van der Waals surface area contributed by atoms with Gasteiger partial charge in [0, 0.05) is 12.1 Å². The van der Waals surface area contributed by atoms with Crippen molar-refractivity contribution in [3.63, 3.8) is 0 Å². The lowest BCUT2D eigenvalue weighted by Gasteiger charge is -2.28. The third-order valence-corrected chi connectivity index (χ3v) is 3.78. The molecule has 2 atom stereocenters. The molecule has 1 saturated carbocycles. The van der Waals surface area contributed by atoms with Gasteiger partial charge >= 0.3 is 5.97 Å². The first-order valence-corrected chi connectivity index (χ1v) is 6.83. The number of hydrogen-bond donors (Lipinski definition) is 2. The normalized spacial score (nSPS) is 21.6. The number of nitro benzene ring substituents is 1. The fourth-order valence-corrected chi connectivity index (χ4v) is 2.68. The summed E-state index contributed by atoms with van der Waals surface area (Å²) in [6, 6.07) is 4.40. The van der Waals surface area contributed by atoms with Gasteiger partial charge in [0.1, 0.15) is 5.75 Å². The number of carboxylic acid groups (broad SMARTS) is 1. The first-order valence-electron chi connectivity index (χ1n) is 6.83. The fraction of sp³-hybridized carbons (Fsp3) is 0.500. The lowest BCUT2D eigenvalue weighted by atomic mass is 9.85. The first-order chi connectivity index (χ1) is 10.0. The minimum atomic E-state index is -0.767. The predicted octanol–water partition coefficient (Wildman–Crippen LogP) is 2.66. The predicted molar refractivity (Wildman–Crippen MR) is 76.7 cm³/mol. The third-order valence-electron chi connectivity index (χ3n) is 3.78. The molecule has 2 rings (SSSR count). The lowest BCUT2D eigenvalue weighted by molar-refractivity contribution is -0.384. The van der Waals surface area contributed by atoms with E-state index in [1.54, 1.807) is 6.07 Å². The number of nitro groups is 1. The van der Waals surface area contributed by atoms with Crippen molar-refractivity contribution < 1.29 is 19.6 Å². The smallest absolute Gasteiger partial charge is 0.306 e. The Morgan fingerprint density at radius 3 is 2.86 bits per heavy atom. The summed E-state index contributed by atoms with van der Waals surface area (Å²) >= 11 is 0. The Morgan fingerprint density at radius 2 is 2.24 bits per heavy atom. The van der Waals surface area contributed by atoms with Crippen molar-refractivity contribution in [3.8, 4) is 5.75 Å². The monoisotopic (exact) mass is 294 g/mol. The highest BCUT2D eigenvalue weighted by molar-refractivity contribution is 5.70. The zero-order valence-electron chi connectivity index (χ0n) is 11.7. The summed E-state index contributed by atoms with van der Waals surface area (Å²) in [7, 11) is 1.45. The summed E-state index contributed by atoms with van der Waals surface area (Å²) in [6.07, 6.45) is 2.98. The summed E-state index contributed by atoms with van der Waals surface area (Å²) < 4.78 is 5.17. The molecule has 114 valence electrons. The van der Waals surface area contributed by atoms with Crippen molar-refractivity contribution in [1.82, 2.24) is 0 Å². The molecule has 0 bridgehead atoms. The summed E-state index contributed by atoms with van der Waals surface area (Å²) in [5.41, 5.74) is 0.614. The van der Waals surface area contributed by atoms with Gasteiger partial charge in [0.2, 0.25) is 0 Å². The Kier molecular flexibility index (Phi) is 4.62. The number of nitrogens with one attached hydrogen (secondary N) is 1. The second-order valence-electron chi connectivity index (χ2n) is 5.18. The summed E-state index contributed by atoms with van der Waals surface area (Å²) in [6.45, 7) is 0. The van der Waals surface area contributed by atoms with Crippen molar-refractivity contribution in [2.75, 3.05) is 12.4 Å². The van der Waals surface area contributed by atoms with Crippen molar-refractivity contribution in [2.24, 2.45) is 5.92 Å². The van der Waals surface area contributed by atoms with Crippen LogP contribution in [0, 0.1) is 16.0 Å². The van der Waals surface area contributed by atoms with Gasteiger partial charge in [0.15, 0.2) is 0 Å². The first kappa shape index (κ1) is 15.1. The highest BCUT2D eigenvalue weighted by atomic mass is 16.6. The van der Waals surface area contributed by atoms with Crippen LogP contribution in [-0.4, -0.2) is 29.2 Å². The molecule has 1 aliphatic rings. The van der Waals surface area contributed by atoms with E-state index in [9.17, 15) is 14.9 Å². The van der Waals surface area contributed by atoms with Crippen LogP contribution in [0.5, 0.6) is 5.75 Å². The quantitative estimate of drug-likeness (QED) is 0.639. The number of benzene rings is 1. The van der Waals surface area contributed by atoms with Gasteiger partial charge in [-0.3, -0.25) is 14.9 Å². The molecule has 0 amide bonds. The number of hydrogen-bond acceptors (Lipinski definition) is 5. The standard InChI is InChI=1S/C14H18N2O5/c1-21-13-8-11(16(19)20)5-6-12(13)15-10-4-2-3-9(7-10)14(17)18/h5-6,8-10,15H,2-4,7H2,1H3,(H,17,18). The van der Waals surface area contributed by atoms with Crippen molar-refractivity contribution in [2.45, 2.75) is 31.7 Å². The minimum Gasteiger partial charge on any atom is -0.494 e. The van der Waals surface area contributed by atoms with Crippen LogP contribution in [0.15, 0.2) is 18.2 Å². The van der Waals surface area contributed by atoms with Crippen LogP contribution in [0.25, 0.3) is 0 Å². The molecule has 7 nitrogen and oxygen atoms in total. The molecule has 1 aliphatic carbocycles. The van der Waals surface area contributed by atoms with Crippen LogP contribution in [0.2, 0.25) is 0 Å². The van der Waals surface area contributed by atoms with Crippen LogP contribution < -0.4 is 10.1 Å². The number of rotatable bonds is 5. The molecule has 7 heteroatoms. The average Bonchev–Trinajstić information content (AvgIpc) is 2.47. The van der Waals surface area contributed by atoms with Gasteiger partial charge in [-0.1, -0.05) is 6.42 Å². The lowest BCUT2D eigenvalue weighted by Crippen LogP contribution is -2.31. The molecular formula is C14H18N2O5. The van der Waals surface area contributed by atoms with Gasteiger partial charge in [0.05, 0.1) is 29.7 Å². The van der Waals surface area contributed by atoms with Crippen LogP contribution in [0.4, 0.5) is 11.4 Å². The molecule has 0 aromatic heterocycles. The molecule has 0 aliphatic heterocycles. The SMILES string of the molecule is COc1cc([N+](=O)[O-])ccc1NC1CCCC(C(=O)O)C1. The van der Waals surface area contributed by atoms with E-state index in [-0.39, 0.29) is 17.6 Å². The highest BCUT2D eigenvalue weighted by Gasteiger charge is 2.27. The molecule has 1 fully saturated rings. The van der Waals surface area contributed by atoms with Gasteiger partial charge in [-0.2, -0.15) is 0 Å².